The average Bonchev–Trinajstić information content (AvgIpc) is 2.39. The summed E-state index contributed by atoms with van der Waals surface area (Å²) in [6, 6.07) is 0.827. The SMILES string of the molecule is Cc1cc(C(F)(F)F)c2c(=O)n(C)c(=O)n(CC(C)C)c2n1. The maximum atomic E-state index is 13.2. The minimum absolute atomic E-state index is 0.00931. The largest absolute Gasteiger partial charge is 0.417 e. The van der Waals surface area contributed by atoms with Gasteiger partial charge in [-0.05, 0) is 18.9 Å². The molecule has 0 amide bonds. The standard InChI is InChI=1S/C14H16F3N3O2/c1-7(2)6-20-11-10(12(21)19(4)13(20)22)9(14(15,16)17)5-8(3)18-11/h5,7H,6H2,1-4H3. The molecule has 2 rings (SSSR count). The van der Waals surface area contributed by atoms with E-state index >= 15 is 0 Å². The van der Waals surface area contributed by atoms with Crippen molar-refractivity contribution in [2.75, 3.05) is 0 Å². The molecule has 22 heavy (non-hydrogen) atoms. The van der Waals surface area contributed by atoms with Crippen LogP contribution in [0.25, 0.3) is 11.0 Å². The van der Waals surface area contributed by atoms with Crippen LogP contribution in [0.3, 0.4) is 0 Å². The third-order valence-electron chi connectivity index (χ3n) is 3.27. The van der Waals surface area contributed by atoms with Crippen LogP contribution in [0.5, 0.6) is 0 Å². The van der Waals surface area contributed by atoms with Crippen molar-refractivity contribution in [3.8, 4) is 0 Å². The van der Waals surface area contributed by atoms with E-state index in [9.17, 15) is 22.8 Å². The molecule has 0 aliphatic heterocycles. The zero-order chi connectivity index (χ0) is 16.8. The Morgan fingerprint density at radius 1 is 1.27 bits per heavy atom. The number of alkyl halides is 3. The second kappa shape index (κ2) is 5.26. The van der Waals surface area contributed by atoms with Crippen molar-refractivity contribution in [3.05, 3.63) is 38.2 Å². The molecule has 0 saturated carbocycles. The first-order valence-electron chi connectivity index (χ1n) is 6.72. The molecule has 0 N–H and O–H groups in total. The Morgan fingerprint density at radius 2 is 1.86 bits per heavy atom. The second-order valence-electron chi connectivity index (χ2n) is 5.66. The molecule has 5 nitrogen and oxygen atoms in total. The molecule has 0 spiro atoms. The van der Waals surface area contributed by atoms with E-state index < -0.39 is 28.4 Å². The Labute approximate surface area is 124 Å². The number of pyridine rings is 1. The highest BCUT2D eigenvalue weighted by Gasteiger charge is 2.35. The van der Waals surface area contributed by atoms with Crippen molar-refractivity contribution in [2.24, 2.45) is 13.0 Å². The van der Waals surface area contributed by atoms with Gasteiger partial charge >= 0.3 is 11.9 Å². The first-order chi connectivity index (χ1) is 10.0. The zero-order valence-electron chi connectivity index (χ0n) is 12.7. The van der Waals surface area contributed by atoms with E-state index in [1.54, 1.807) is 0 Å². The van der Waals surface area contributed by atoms with Crippen LogP contribution < -0.4 is 11.2 Å². The van der Waals surface area contributed by atoms with Crippen molar-refractivity contribution < 1.29 is 13.2 Å². The minimum atomic E-state index is -4.70. The third-order valence-corrected chi connectivity index (χ3v) is 3.27. The highest BCUT2D eigenvalue weighted by molar-refractivity contribution is 5.79. The molecule has 0 saturated heterocycles. The summed E-state index contributed by atoms with van der Waals surface area (Å²) in [7, 11) is 1.17. The molecule has 0 bridgehead atoms. The van der Waals surface area contributed by atoms with Gasteiger partial charge in [0.25, 0.3) is 5.56 Å². The number of aromatic nitrogens is 3. The fraction of sp³-hybridized carbons (Fsp3) is 0.500. The van der Waals surface area contributed by atoms with Crippen molar-refractivity contribution >= 4 is 11.0 Å². The molecular formula is C14H16F3N3O2. The van der Waals surface area contributed by atoms with Gasteiger partial charge in [0, 0.05) is 19.3 Å². The molecule has 0 atom stereocenters. The smallest absolute Gasteiger partial charge is 0.277 e. The molecule has 0 radical (unpaired) electrons. The van der Waals surface area contributed by atoms with Crippen LogP contribution in [0.1, 0.15) is 25.1 Å². The van der Waals surface area contributed by atoms with Gasteiger partial charge in [0.05, 0.1) is 10.9 Å². The van der Waals surface area contributed by atoms with E-state index in [4.69, 9.17) is 0 Å². The first kappa shape index (κ1) is 16.3. The molecule has 2 heterocycles. The van der Waals surface area contributed by atoms with E-state index in [2.05, 4.69) is 4.98 Å². The lowest BCUT2D eigenvalue weighted by atomic mass is 10.1. The van der Waals surface area contributed by atoms with Crippen LogP contribution in [0.15, 0.2) is 15.7 Å². The summed E-state index contributed by atoms with van der Waals surface area (Å²) in [5.41, 5.74) is -2.83. The lowest BCUT2D eigenvalue weighted by Gasteiger charge is -2.16. The number of hydrogen-bond donors (Lipinski definition) is 0. The Balaban J connectivity index is 3.08. The van der Waals surface area contributed by atoms with Gasteiger partial charge in [-0.25, -0.2) is 9.78 Å². The number of halogens is 3. The van der Waals surface area contributed by atoms with Crippen molar-refractivity contribution in [3.63, 3.8) is 0 Å². The molecular weight excluding hydrogens is 299 g/mol. The Hall–Kier alpha value is -2.12. The lowest BCUT2D eigenvalue weighted by Crippen LogP contribution is -2.40. The maximum Gasteiger partial charge on any atom is 0.417 e. The zero-order valence-corrected chi connectivity index (χ0v) is 12.7. The monoisotopic (exact) mass is 315 g/mol. The number of fused-ring (bicyclic) bond motifs is 1. The molecule has 0 aromatic carbocycles. The summed E-state index contributed by atoms with van der Waals surface area (Å²) in [5, 5.41) is -0.569. The molecule has 2 aromatic rings. The number of nitrogens with zero attached hydrogens (tertiary/aromatic N) is 3. The van der Waals surface area contributed by atoms with E-state index in [0.29, 0.717) is 4.57 Å². The lowest BCUT2D eigenvalue weighted by molar-refractivity contribution is -0.136. The molecule has 8 heteroatoms. The highest BCUT2D eigenvalue weighted by atomic mass is 19.4. The number of aryl methyl sites for hydroxylation is 1. The fourth-order valence-electron chi connectivity index (χ4n) is 2.34. The van der Waals surface area contributed by atoms with E-state index in [1.165, 1.54) is 14.0 Å². The Kier molecular flexibility index (Phi) is 3.88. The van der Waals surface area contributed by atoms with Gasteiger partial charge in [-0.1, -0.05) is 13.8 Å². The van der Waals surface area contributed by atoms with Gasteiger partial charge < -0.3 is 0 Å². The van der Waals surface area contributed by atoms with Gasteiger partial charge in [-0.3, -0.25) is 13.9 Å². The van der Waals surface area contributed by atoms with Crippen LogP contribution in [0.4, 0.5) is 13.2 Å². The van der Waals surface area contributed by atoms with E-state index in [0.717, 1.165) is 10.6 Å². The molecule has 120 valence electrons. The highest BCUT2D eigenvalue weighted by Crippen LogP contribution is 2.33. The Morgan fingerprint density at radius 3 is 2.36 bits per heavy atom. The molecule has 0 aliphatic carbocycles. The summed E-state index contributed by atoms with van der Waals surface area (Å²) in [4.78, 5) is 28.4. The van der Waals surface area contributed by atoms with Crippen LogP contribution in [0.2, 0.25) is 0 Å². The maximum absolute atomic E-state index is 13.2. The summed E-state index contributed by atoms with van der Waals surface area (Å²) in [6.45, 7) is 5.22. The van der Waals surface area contributed by atoms with Crippen LogP contribution >= 0.6 is 0 Å². The summed E-state index contributed by atoms with van der Waals surface area (Å²) < 4.78 is 41.5. The molecule has 0 unspecified atom stereocenters. The Bertz CT molecular complexity index is 847. The second-order valence-corrected chi connectivity index (χ2v) is 5.66. The van der Waals surface area contributed by atoms with Gasteiger partial charge in [-0.15, -0.1) is 0 Å². The summed E-state index contributed by atoms with van der Waals surface area (Å²) in [6.07, 6.45) is -4.70. The first-order valence-corrected chi connectivity index (χ1v) is 6.72. The number of hydrogen-bond acceptors (Lipinski definition) is 3. The van der Waals surface area contributed by atoms with Crippen LogP contribution in [-0.2, 0) is 19.8 Å². The van der Waals surface area contributed by atoms with Crippen molar-refractivity contribution in [1.29, 1.82) is 0 Å². The van der Waals surface area contributed by atoms with E-state index in [1.807, 2.05) is 13.8 Å². The van der Waals surface area contributed by atoms with Gasteiger partial charge in [0.15, 0.2) is 0 Å². The van der Waals surface area contributed by atoms with Gasteiger partial charge in [0.2, 0.25) is 0 Å². The summed E-state index contributed by atoms with van der Waals surface area (Å²) >= 11 is 0. The molecule has 0 fully saturated rings. The average molecular weight is 315 g/mol. The van der Waals surface area contributed by atoms with Crippen molar-refractivity contribution in [2.45, 2.75) is 33.5 Å². The number of rotatable bonds is 2. The molecule has 2 aromatic heterocycles. The predicted molar refractivity (Wildman–Crippen MR) is 75.8 cm³/mol. The predicted octanol–water partition coefficient (Wildman–Crippen LogP) is 2.08. The third kappa shape index (κ3) is 2.65. The summed E-state index contributed by atoms with van der Waals surface area (Å²) in [5.74, 6) is 0.00931. The topological polar surface area (TPSA) is 56.9 Å². The van der Waals surface area contributed by atoms with Crippen LogP contribution in [0, 0.1) is 12.8 Å². The van der Waals surface area contributed by atoms with E-state index in [-0.39, 0.29) is 23.8 Å². The van der Waals surface area contributed by atoms with Gasteiger partial charge in [-0.2, -0.15) is 13.2 Å². The van der Waals surface area contributed by atoms with Crippen molar-refractivity contribution in [1.82, 2.24) is 14.1 Å². The quantitative estimate of drug-likeness (QED) is 0.852. The van der Waals surface area contributed by atoms with Crippen LogP contribution in [-0.4, -0.2) is 14.1 Å². The fourth-order valence-corrected chi connectivity index (χ4v) is 2.34. The minimum Gasteiger partial charge on any atom is -0.277 e. The normalized spacial score (nSPS) is 12.4. The molecule has 0 aliphatic rings. The van der Waals surface area contributed by atoms with Gasteiger partial charge in [0.1, 0.15) is 5.65 Å².